The van der Waals surface area contributed by atoms with Crippen LogP contribution in [-0.2, 0) is 10.0 Å². The van der Waals surface area contributed by atoms with E-state index in [4.69, 9.17) is 16.6 Å². The van der Waals surface area contributed by atoms with Crippen molar-refractivity contribution in [3.63, 3.8) is 0 Å². The van der Waals surface area contributed by atoms with Crippen molar-refractivity contribution < 1.29 is 13.2 Å². The van der Waals surface area contributed by atoms with Gasteiger partial charge in [0.2, 0.25) is 0 Å². The molecule has 0 atom stereocenters. The minimum absolute atomic E-state index is 0. The largest absolute Gasteiger partial charge is 0.351 e. The monoisotopic (exact) mass is 605 g/mol. The average Bonchev–Trinajstić information content (AvgIpc) is 3.39. The van der Waals surface area contributed by atoms with E-state index in [2.05, 4.69) is 19.8 Å². The van der Waals surface area contributed by atoms with Crippen LogP contribution >= 0.6 is 35.3 Å². The molecule has 0 bridgehead atoms. The molecule has 3 aromatic carbocycles. The molecule has 0 unspecified atom stereocenters. The standard InChI is InChI=1S/C27H28ClN5O3S2.ClH/c1-19-11-12-22(28)25-24(19)30-27(37-25)33-17-15-32(16-18-33)14-13-29-26(34)21-9-5-6-10-23(21)31-38(35,36)20-7-3-2-4-8-20;/h2-12,31H,13-18H2,1H3,(H,29,34);1H. The number of nitrogens with zero attached hydrogens (tertiary/aromatic N) is 3. The molecule has 0 aliphatic carbocycles. The molecule has 0 saturated carbocycles. The number of para-hydroxylation sites is 1. The third-order valence-corrected chi connectivity index (χ3v) is 9.47. The summed E-state index contributed by atoms with van der Waals surface area (Å²) in [5.74, 6) is -0.322. The highest BCUT2D eigenvalue weighted by molar-refractivity contribution is 7.92. The summed E-state index contributed by atoms with van der Waals surface area (Å²) in [4.78, 5) is 22.5. The van der Waals surface area contributed by atoms with Crippen LogP contribution in [0.25, 0.3) is 10.2 Å². The Kier molecular flexibility index (Phi) is 9.35. The number of aromatic nitrogens is 1. The predicted molar refractivity (Wildman–Crippen MR) is 161 cm³/mol. The molecule has 1 saturated heterocycles. The molecular formula is C27H29Cl2N5O3S2. The van der Waals surface area contributed by atoms with E-state index in [1.165, 1.54) is 12.1 Å². The van der Waals surface area contributed by atoms with E-state index in [9.17, 15) is 13.2 Å². The quantitative estimate of drug-likeness (QED) is 0.292. The van der Waals surface area contributed by atoms with Gasteiger partial charge in [0.05, 0.1) is 31.4 Å². The van der Waals surface area contributed by atoms with Crippen molar-refractivity contribution in [2.24, 2.45) is 0 Å². The molecule has 1 amide bonds. The van der Waals surface area contributed by atoms with Crippen LogP contribution in [-0.4, -0.2) is 63.5 Å². The molecule has 12 heteroatoms. The maximum atomic E-state index is 12.9. The molecule has 5 rings (SSSR count). The number of hydrogen-bond donors (Lipinski definition) is 2. The lowest BCUT2D eigenvalue weighted by Gasteiger charge is -2.34. The van der Waals surface area contributed by atoms with Crippen molar-refractivity contribution in [1.82, 2.24) is 15.2 Å². The summed E-state index contributed by atoms with van der Waals surface area (Å²) in [5, 5.41) is 4.65. The second kappa shape index (κ2) is 12.5. The van der Waals surface area contributed by atoms with Gasteiger partial charge in [-0.1, -0.05) is 59.3 Å². The van der Waals surface area contributed by atoms with Crippen LogP contribution in [0, 0.1) is 6.92 Å². The summed E-state index contributed by atoms with van der Waals surface area (Å²) >= 11 is 8.00. The molecule has 4 aromatic rings. The van der Waals surface area contributed by atoms with Gasteiger partial charge in [0.25, 0.3) is 15.9 Å². The van der Waals surface area contributed by atoms with Crippen molar-refractivity contribution in [3.8, 4) is 0 Å². The topological polar surface area (TPSA) is 94.6 Å². The number of amides is 1. The van der Waals surface area contributed by atoms with E-state index in [0.29, 0.717) is 13.1 Å². The molecule has 0 spiro atoms. The number of thiazole rings is 1. The molecule has 1 aliphatic rings. The number of halogens is 2. The van der Waals surface area contributed by atoms with Gasteiger partial charge in [0.15, 0.2) is 5.13 Å². The predicted octanol–water partition coefficient (Wildman–Crippen LogP) is 5.03. The number of carbonyl (C=O) groups excluding carboxylic acids is 1. The number of fused-ring (bicyclic) bond motifs is 1. The molecule has 0 radical (unpaired) electrons. The Morgan fingerprint density at radius 2 is 1.69 bits per heavy atom. The second-order valence-corrected chi connectivity index (χ2v) is 12.2. The highest BCUT2D eigenvalue weighted by Crippen LogP contribution is 2.35. The van der Waals surface area contributed by atoms with Crippen LogP contribution < -0.4 is 14.9 Å². The summed E-state index contributed by atoms with van der Waals surface area (Å²) in [6, 6.07) is 18.6. The van der Waals surface area contributed by atoms with Gasteiger partial charge in [-0.2, -0.15) is 0 Å². The summed E-state index contributed by atoms with van der Waals surface area (Å²) in [5.41, 5.74) is 2.61. The Hall–Kier alpha value is -2.89. The zero-order valence-corrected chi connectivity index (χ0v) is 24.5. The van der Waals surface area contributed by atoms with Gasteiger partial charge in [-0.3, -0.25) is 14.4 Å². The van der Waals surface area contributed by atoms with Crippen molar-refractivity contribution in [2.45, 2.75) is 11.8 Å². The Bertz CT molecular complexity index is 1520. The number of aryl methyl sites for hydroxylation is 1. The van der Waals surface area contributed by atoms with E-state index in [0.717, 1.165) is 52.1 Å². The molecular weight excluding hydrogens is 577 g/mol. The van der Waals surface area contributed by atoms with Crippen LogP contribution in [0.3, 0.4) is 0 Å². The molecule has 2 heterocycles. The summed E-state index contributed by atoms with van der Waals surface area (Å²) in [7, 11) is -3.80. The van der Waals surface area contributed by atoms with Crippen molar-refractivity contribution in [1.29, 1.82) is 0 Å². The lowest BCUT2D eigenvalue weighted by molar-refractivity contribution is 0.0948. The Balaban J connectivity index is 0.00000353. The summed E-state index contributed by atoms with van der Waals surface area (Å²) in [6.07, 6.45) is 0. The molecule has 1 aliphatic heterocycles. The van der Waals surface area contributed by atoms with Crippen molar-refractivity contribution in [2.75, 3.05) is 48.9 Å². The van der Waals surface area contributed by atoms with Gasteiger partial charge >= 0.3 is 0 Å². The van der Waals surface area contributed by atoms with Crippen LogP contribution in [0.4, 0.5) is 10.8 Å². The zero-order valence-electron chi connectivity index (χ0n) is 21.3. The smallest absolute Gasteiger partial charge is 0.261 e. The molecule has 1 aromatic heterocycles. The van der Waals surface area contributed by atoms with Gasteiger partial charge in [-0.05, 0) is 42.8 Å². The third-order valence-electron chi connectivity index (χ3n) is 6.51. The third kappa shape index (κ3) is 6.64. The average molecular weight is 607 g/mol. The number of piperazine rings is 1. The van der Waals surface area contributed by atoms with E-state index in [-0.39, 0.29) is 34.5 Å². The number of hydrogen-bond acceptors (Lipinski definition) is 7. The second-order valence-electron chi connectivity index (χ2n) is 9.09. The summed E-state index contributed by atoms with van der Waals surface area (Å²) < 4.78 is 29.1. The zero-order chi connectivity index (χ0) is 26.7. The number of nitrogens with one attached hydrogen (secondary N) is 2. The SMILES string of the molecule is Cc1ccc(Cl)c2sc(N3CCN(CCNC(=O)c4ccccc4NS(=O)(=O)c4ccccc4)CC3)nc12.Cl. The first-order chi connectivity index (χ1) is 18.3. The van der Waals surface area contributed by atoms with Gasteiger partial charge < -0.3 is 10.2 Å². The molecule has 2 N–H and O–H groups in total. The van der Waals surface area contributed by atoms with Crippen LogP contribution in [0.5, 0.6) is 0 Å². The maximum absolute atomic E-state index is 12.9. The van der Waals surface area contributed by atoms with Gasteiger partial charge in [-0.25, -0.2) is 13.4 Å². The number of anilines is 2. The lowest BCUT2D eigenvalue weighted by atomic mass is 10.1. The fraction of sp³-hybridized carbons (Fsp3) is 0.259. The first kappa shape index (κ1) is 29.1. The minimum Gasteiger partial charge on any atom is -0.351 e. The van der Waals surface area contributed by atoms with Crippen molar-refractivity contribution in [3.05, 3.63) is 82.9 Å². The van der Waals surface area contributed by atoms with E-state index in [1.807, 2.05) is 19.1 Å². The van der Waals surface area contributed by atoms with E-state index >= 15 is 0 Å². The Labute approximate surface area is 243 Å². The normalized spacial score (nSPS) is 14.2. The first-order valence-corrected chi connectivity index (χ1v) is 15.0. The number of sulfonamides is 1. The van der Waals surface area contributed by atoms with Crippen LogP contribution in [0.15, 0.2) is 71.6 Å². The van der Waals surface area contributed by atoms with E-state index in [1.54, 1.807) is 53.8 Å². The Morgan fingerprint density at radius 1 is 1.00 bits per heavy atom. The highest BCUT2D eigenvalue weighted by Gasteiger charge is 2.22. The van der Waals surface area contributed by atoms with E-state index < -0.39 is 10.0 Å². The number of rotatable bonds is 8. The van der Waals surface area contributed by atoms with Crippen molar-refractivity contribution >= 4 is 72.3 Å². The molecule has 39 heavy (non-hydrogen) atoms. The molecule has 8 nitrogen and oxygen atoms in total. The summed E-state index contributed by atoms with van der Waals surface area (Å²) in [6.45, 7) is 6.59. The molecule has 1 fully saturated rings. The Morgan fingerprint density at radius 3 is 2.41 bits per heavy atom. The molecule has 206 valence electrons. The van der Waals surface area contributed by atoms with Gasteiger partial charge in [-0.15, -0.1) is 12.4 Å². The fourth-order valence-electron chi connectivity index (χ4n) is 4.39. The van der Waals surface area contributed by atoms with Gasteiger partial charge in [0, 0.05) is 39.3 Å². The lowest BCUT2D eigenvalue weighted by Crippen LogP contribution is -2.48. The minimum atomic E-state index is -3.80. The van der Waals surface area contributed by atoms with Crippen LogP contribution in [0.2, 0.25) is 5.02 Å². The number of benzene rings is 3. The maximum Gasteiger partial charge on any atom is 0.261 e. The first-order valence-electron chi connectivity index (χ1n) is 12.3. The number of carbonyl (C=O) groups is 1. The fourth-order valence-corrected chi connectivity index (χ4v) is 6.85. The highest BCUT2D eigenvalue weighted by atomic mass is 35.5. The van der Waals surface area contributed by atoms with Crippen LogP contribution in [0.1, 0.15) is 15.9 Å². The van der Waals surface area contributed by atoms with Gasteiger partial charge in [0.1, 0.15) is 0 Å².